The molecule has 0 aromatic heterocycles. The van der Waals surface area contributed by atoms with Crippen molar-refractivity contribution < 1.29 is 9.23 Å². The van der Waals surface area contributed by atoms with Crippen LogP contribution in [0.4, 0.5) is 4.39 Å². The molecule has 0 saturated heterocycles. The summed E-state index contributed by atoms with van der Waals surface area (Å²) in [5.74, 6) is -0.247. The van der Waals surface area contributed by atoms with E-state index < -0.39 is 0 Å². The van der Waals surface area contributed by atoms with E-state index in [2.05, 4.69) is 18.1 Å². The molecule has 1 aromatic rings. The van der Waals surface area contributed by atoms with E-state index in [9.17, 15) is 4.39 Å². The molecule has 1 N–H and O–H groups in total. The van der Waals surface area contributed by atoms with Crippen LogP contribution in [0.5, 0.6) is 0 Å². The lowest BCUT2D eigenvalue weighted by atomic mass is 10.1. The number of halogens is 1. The summed E-state index contributed by atoms with van der Waals surface area (Å²) >= 11 is 4.24. The highest BCUT2D eigenvalue weighted by Gasteiger charge is 2.08. The van der Waals surface area contributed by atoms with Crippen molar-refractivity contribution in [2.45, 2.75) is 31.8 Å². The lowest BCUT2D eigenvalue weighted by Gasteiger charge is -2.10. The van der Waals surface area contributed by atoms with Gasteiger partial charge in [-0.05, 0) is 31.0 Å². The van der Waals surface area contributed by atoms with Gasteiger partial charge in [0.15, 0.2) is 0 Å². The molecule has 0 amide bonds. The van der Waals surface area contributed by atoms with Crippen LogP contribution >= 0.6 is 12.6 Å². The molecule has 1 rings (SSSR count). The zero-order chi connectivity index (χ0) is 11.3. The second-order valence-electron chi connectivity index (χ2n) is 3.35. The summed E-state index contributed by atoms with van der Waals surface area (Å²) in [6.07, 6.45) is 0.980. The average molecular weight is 229 g/mol. The van der Waals surface area contributed by atoms with E-state index in [4.69, 9.17) is 4.84 Å². The minimum Gasteiger partial charge on any atom is -0.297 e. The molecule has 0 atom stereocenters. The zero-order valence-electron chi connectivity index (χ0n) is 9.01. The number of rotatable bonds is 5. The molecule has 15 heavy (non-hydrogen) atoms. The fourth-order valence-corrected chi connectivity index (χ4v) is 1.40. The molecule has 84 valence electrons. The molecule has 1 aromatic carbocycles. The van der Waals surface area contributed by atoms with E-state index >= 15 is 0 Å². The van der Waals surface area contributed by atoms with Crippen LogP contribution in [0.25, 0.3) is 0 Å². The summed E-state index contributed by atoms with van der Waals surface area (Å²) in [5, 5.41) is 0. The third-order valence-electron chi connectivity index (χ3n) is 2.18. The first-order chi connectivity index (χ1) is 7.16. The smallest absolute Gasteiger partial charge is 0.129 e. The van der Waals surface area contributed by atoms with Gasteiger partial charge in [-0.2, -0.15) is 0 Å². The number of hydroxylamine groups is 1. The molecule has 0 unspecified atom stereocenters. The number of benzene rings is 1. The van der Waals surface area contributed by atoms with Crippen LogP contribution in [0.15, 0.2) is 17.0 Å². The molecular formula is C11H16FNOS. The highest BCUT2D eigenvalue weighted by molar-refractivity contribution is 7.80. The molecule has 0 fully saturated rings. The maximum atomic E-state index is 13.4. The van der Waals surface area contributed by atoms with Crippen molar-refractivity contribution in [3.63, 3.8) is 0 Å². The Hall–Kier alpha value is -0.580. The van der Waals surface area contributed by atoms with Crippen LogP contribution in [0.2, 0.25) is 0 Å². The first-order valence-corrected chi connectivity index (χ1v) is 5.43. The summed E-state index contributed by atoms with van der Waals surface area (Å²) in [5.41, 5.74) is 4.16. The van der Waals surface area contributed by atoms with Crippen molar-refractivity contribution in [2.75, 3.05) is 6.54 Å². The Morgan fingerprint density at radius 2 is 2.20 bits per heavy atom. The van der Waals surface area contributed by atoms with Crippen molar-refractivity contribution in [2.24, 2.45) is 0 Å². The molecule has 0 aliphatic carbocycles. The standard InChI is InChI=1S/C11H16FNOS/c1-3-6-13-14-7-9-8(2)11(15)5-4-10(9)12/h4-5,13,15H,3,6-7H2,1-2H3. The molecule has 0 spiro atoms. The molecule has 4 heteroatoms. The fourth-order valence-electron chi connectivity index (χ4n) is 1.19. The van der Waals surface area contributed by atoms with Crippen molar-refractivity contribution in [1.82, 2.24) is 5.48 Å². The molecule has 0 radical (unpaired) electrons. The highest BCUT2D eigenvalue weighted by Crippen LogP contribution is 2.20. The maximum absolute atomic E-state index is 13.4. The van der Waals surface area contributed by atoms with Crippen molar-refractivity contribution in [3.05, 3.63) is 29.1 Å². The van der Waals surface area contributed by atoms with Crippen molar-refractivity contribution in [3.8, 4) is 0 Å². The minimum atomic E-state index is -0.247. The Morgan fingerprint density at radius 1 is 1.47 bits per heavy atom. The highest BCUT2D eigenvalue weighted by atomic mass is 32.1. The predicted octanol–water partition coefficient (Wildman–Crippen LogP) is 2.85. The summed E-state index contributed by atoms with van der Waals surface area (Å²) in [6, 6.07) is 3.06. The van der Waals surface area contributed by atoms with Gasteiger partial charge in [0.1, 0.15) is 5.82 Å². The van der Waals surface area contributed by atoms with Gasteiger partial charge in [0, 0.05) is 17.0 Å². The monoisotopic (exact) mass is 229 g/mol. The Labute approximate surface area is 95.2 Å². The second kappa shape index (κ2) is 6.10. The number of hydrogen-bond acceptors (Lipinski definition) is 3. The van der Waals surface area contributed by atoms with Crippen LogP contribution in [0.1, 0.15) is 24.5 Å². The summed E-state index contributed by atoms with van der Waals surface area (Å²) in [7, 11) is 0. The molecule has 2 nitrogen and oxygen atoms in total. The fraction of sp³-hybridized carbons (Fsp3) is 0.455. The van der Waals surface area contributed by atoms with E-state index in [1.165, 1.54) is 6.07 Å². The van der Waals surface area contributed by atoms with Gasteiger partial charge in [0.25, 0.3) is 0 Å². The average Bonchev–Trinajstić information content (AvgIpc) is 2.23. The van der Waals surface area contributed by atoms with Crippen LogP contribution in [-0.2, 0) is 11.4 Å². The summed E-state index contributed by atoms with van der Waals surface area (Å²) < 4.78 is 13.4. The van der Waals surface area contributed by atoms with Crippen LogP contribution in [-0.4, -0.2) is 6.54 Å². The normalized spacial score (nSPS) is 10.7. The van der Waals surface area contributed by atoms with Crippen LogP contribution in [0.3, 0.4) is 0 Å². The molecule has 0 heterocycles. The lowest BCUT2D eigenvalue weighted by molar-refractivity contribution is 0.0263. The van der Waals surface area contributed by atoms with Crippen molar-refractivity contribution >= 4 is 12.6 Å². The second-order valence-corrected chi connectivity index (χ2v) is 3.83. The molecule has 0 saturated carbocycles. The van der Waals surface area contributed by atoms with Crippen molar-refractivity contribution in [1.29, 1.82) is 0 Å². The Bertz CT molecular complexity index is 331. The zero-order valence-corrected chi connectivity index (χ0v) is 9.90. The Balaban J connectivity index is 2.63. The van der Waals surface area contributed by atoms with Gasteiger partial charge >= 0.3 is 0 Å². The van der Waals surface area contributed by atoms with Gasteiger partial charge in [-0.15, -0.1) is 12.6 Å². The first kappa shape index (κ1) is 12.5. The molecule has 0 bridgehead atoms. The molecule has 0 aliphatic heterocycles. The van der Waals surface area contributed by atoms with E-state index in [0.29, 0.717) is 5.56 Å². The quantitative estimate of drug-likeness (QED) is 0.460. The molecular weight excluding hydrogens is 213 g/mol. The Kier molecular flexibility index (Phi) is 5.08. The van der Waals surface area contributed by atoms with Gasteiger partial charge in [-0.3, -0.25) is 4.84 Å². The van der Waals surface area contributed by atoms with Gasteiger partial charge in [0.05, 0.1) is 6.61 Å². The van der Waals surface area contributed by atoms with Gasteiger partial charge < -0.3 is 0 Å². The first-order valence-electron chi connectivity index (χ1n) is 4.98. The van der Waals surface area contributed by atoms with E-state index in [1.54, 1.807) is 6.07 Å². The minimum absolute atomic E-state index is 0.228. The summed E-state index contributed by atoms with van der Waals surface area (Å²) in [4.78, 5) is 5.94. The van der Waals surface area contributed by atoms with Gasteiger partial charge in [-0.1, -0.05) is 6.92 Å². The predicted molar refractivity (Wildman–Crippen MR) is 61.5 cm³/mol. The van der Waals surface area contributed by atoms with E-state index in [0.717, 1.165) is 23.4 Å². The van der Waals surface area contributed by atoms with Crippen LogP contribution in [0, 0.1) is 12.7 Å². The number of hydrogen-bond donors (Lipinski definition) is 2. The van der Waals surface area contributed by atoms with E-state index in [-0.39, 0.29) is 12.4 Å². The maximum Gasteiger partial charge on any atom is 0.129 e. The topological polar surface area (TPSA) is 21.3 Å². The Morgan fingerprint density at radius 3 is 2.87 bits per heavy atom. The molecule has 0 aliphatic rings. The number of thiol groups is 1. The van der Waals surface area contributed by atoms with Gasteiger partial charge in [-0.25, -0.2) is 9.87 Å². The summed E-state index contributed by atoms with van der Waals surface area (Å²) in [6.45, 7) is 4.87. The van der Waals surface area contributed by atoms with Gasteiger partial charge in [0.2, 0.25) is 0 Å². The third-order valence-corrected chi connectivity index (χ3v) is 2.67. The third kappa shape index (κ3) is 3.48. The number of nitrogens with one attached hydrogen (secondary N) is 1. The lowest BCUT2D eigenvalue weighted by Crippen LogP contribution is -2.16. The SMILES string of the molecule is CCCNOCc1c(F)ccc(S)c1C. The van der Waals surface area contributed by atoms with Crippen LogP contribution < -0.4 is 5.48 Å². The largest absolute Gasteiger partial charge is 0.297 e. The van der Waals surface area contributed by atoms with E-state index in [1.807, 2.05) is 13.8 Å².